The number of benzene rings is 2. The van der Waals surface area contributed by atoms with Crippen LogP contribution in [0.15, 0.2) is 59.5 Å². The van der Waals surface area contributed by atoms with E-state index in [9.17, 15) is 13.2 Å². The number of aryl methyl sites for hydroxylation is 1. The molecule has 0 unspecified atom stereocenters. The van der Waals surface area contributed by atoms with Crippen LogP contribution in [-0.2, 0) is 23.8 Å². The van der Waals surface area contributed by atoms with Gasteiger partial charge in [-0.2, -0.15) is 8.42 Å². The van der Waals surface area contributed by atoms with Crippen LogP contribution in [0.3, 0.4) is 0 Å². The molecule has 0 aromatic heterocycles. The van der Waals surface area contributed by atoms with E-state index in [-0.39, 0.29) is 18.1 Å². The van der Waals surface area contributed by atoms with Gasteiger partial charge in [0.2, 0.25) is 0 Å². The van der Waals surface area contributed by atoms with Gasteiger partial charge < -0.3 is 9.47 Å². The molecular weight excluding hydrogens is 548 g/mol. The van der Waals surface area contributed by atoms with E-state index in [1.54, 1.807) is 36.4 Å². The van der Waals surface area contributed by atoms with E-state index in [1.165, 1.54) is 102 Å². The Labute approximate surface area is 255 Å². The summed E-state index contributed by atoms with van der Waals surface area (Å²) in [5.41, 5.74) is 1.34. The van der Waals surface area contributed by atoms with Gasteiger partial charge in [0.1, 0.15) is 6.61 Å². The SMILES string of the molecule is CCCCCCCCCCCCCCCCCCOC[C@@H](COS(=O)(=O)c1ccc(C)cc1)OC(=O)c1ccccc1. The van der Waals surface area contributed by atoms with Crippen LogP contribution in [0.2, 0.25) is 0 Å². The van der Waals surface area contributed by atoms with Crippen LogP contribution in [0.4, 0.5) is 0 Å². The molecule has 6 nitrogen and oxygen atoms in total. The second-order valence-corrected chi connectivity index (χ2v) is 12.9. The van der Waals surface area contributed by atoms with E-state index < -0.39 is 22.2 Å². The average Bonchev–Trinajstić information content (AvgIpc) is 2.99. The molecule has 0 heterocycles. The summed E-state index contributed by atoms with van der Waals surface area (Å²) < 4.78 is 41.9. The van der Waals surface area contributed by atoms with Gasteiger partial charge in [0, 0.05) is 6.61 Å². The van der Waals surface area contributed by atoms with Crippen molar-refractivity contribution < 1.29 is 26.9 Å². The zero-order valence-electron chi connectivity index (χ0n) is 26.1. The summed E-state index contributed by atoms with van der Waals surface area (Å²) in [6.45, 7) is 4.44. The van der Waals surface area contributed by atoms with Crippen LogP contribution >= 0.6 is 0 Å². The zero-order chi connectivity index (χ0) is 30.3. The van der Waals surface area contributed by atoms with Crippen LogP contribution in [-0.4, -0.2) is 40.3 Å². The normalized spacial score (nSPS) is 12.3. The molecule has 236 valence electrons. The summed E-state index contributed by atoms with van der Waals surface area (Å²) in [5, 5.41) is 0. The van der Waals surface area contributed by atoms with Gasteiger partial charge in [-0.1, -0.05) is 139 Å². The Hall–Kier alpha value is -2.22. The molecule has 0 fully saturated rings. The summed E-state index contributed by atoms with van der Waals surface area (Å²) in [7, 11) is -3.98. The van der Waals surface area contributed by atoms with Crippen molar-refractivity contribution in [2.45, 2.75) is 128 Å². The minimum Gasteiger partial charge on any atom is -0.454 e. The fourth-order valence-electron chi connectivity index (χ4n) is 4.82. The number of rotatable bonds is 25. The van der Waals surface area contributed by atoms with Crippen molar-refractivity contribution in [1.82, 2.24) is 0 Å². The monoisotopic (exact) mass is 602 g/mol. The van der Waals surface area contributed by atoms with Crippen molar-refractivity contribution in [2.24, 2.45) is 0 Å². The number of carbonyl (C=O) groups excluding carboxylic acids is 1. The van der Waals surface area contributed by atoms with Gasteiger partial charge in [-0.05, 0) is 37.6 Å². The van der Waals surface area contributed by atoms with Gasteiger partial charge in [-0.25, -0.2) is 4.79 Å². The minimum atomic E-state index is -3.98. The Balaban J connectivity index is 1.60. The quantitative estimate of drug-likeness (QED) is 0.0640. The van der Waals surface area contributed by atoms with Crippen molar-refractivity contribution in [3.8, 4) is 0 Å². The van der Waals surface area contributed by atoms with Gasteiger partial charge in [-0.3, -0.25) is 4.18 Å². The van der Waals surface area contributed by atoms with E-state index in [0.29, 0.717) is 12.2 Å². The highest BCUT2D eigenvalue weighted by atomic mass is 32.2. The molecular formula is C35H54O6S. The number of unbranched alkanes of at least 4 members (excludes halogenated alkanes) is 15. The number of carbonyl (C=O) groups is 1. The largest absolute Gasteiger partial charge is 0.454 e. The number of hydrogen-bond acceptors (Lipinski definition) is 6. The molecule has 0 spiro atoms. The molecule has 42 heavy (non-hydrogen) atoms. The van der Waals surface area contributed by atoms with Crippen molar-refractivity contribution >= 4 is 16.1 Å². The maximum Gasteiger partial charge on any atom is 0.338 e. The van der Waals surface area contributed by atoms with Crippen molar-refractivity contribution in [3.05, 3.63) is 65.7 Å². The Morgan fingerprint density at radius 3 is 1.69 bits per heavy atom. The van der Waals surface area contributed by atoms with Gasteiger partial charge in [0.25, 0.3) is 10.1 Å². The first-order chi connectivity index (χ1) is 20.4. The van der Waals surface area contributed by atoms with Gasteiger partial charge in [0.05, 0.1) is 17.1 Å². The highest BCUT2D eigenvalue weighted by Crippen LogP contribution is 2.16. The van der Waals surface area contributed by atoms with Gasteiger partial charge >= 0.3 is 5.97 Å². The number of ether oxygens (including phenoxy) is 2. The highest BCUT2D eigenvalue weighted by molar-refractivity contribution is 7.86. The van der Waals surface area contributed by atoms with Crippen LogP contribution in [0.5, 0.6) is 0 Å². The van der Waals surface area contributed by atoms with Crippen LogP contribution < -0.4 is 0 Å². The molecule has 0 saturated carbocycles. The van der Waals surface area contributed by atoms with Crippen LogP contribution in [0.1, 0.15) is 126 Å². The average molecular weight is 603 g/mol. The summed E-state index contributed by atoms with van der Waals surface area (Å²) in [5.74, 6) is -0.539. The first-order valence-corrected chi connectivity index (χ1v) is 17.6. The lowest BCUT2D eigenvalue weighted by atomic mass is 10.0. The second-order valence-electron chi connectivity index (χ2n) is 11.3. The van der Waals surface area contributed by atoms with E-state index in [4.69, 9.17) is 13.7 Å². The molecule has 0 aliphatic carbocycles. The van der Waals surface area contributed by atoms with Crippen LogP contribution in [0, 0.1) is 6.92 Å². The second kappa shape index (κ2) is 22.3. The molecule has 0 radical (unpaired) electrons. The zero-order valence-corrected chi connectivity index (χ0v) is 26.9. The van der Waals surface area contributed by atoms with Crippen molar-refractivity contribution in [1.29, 1.82) is 0 Å². The molecule has 0 saturated heterocycles. The maximum atomic E-state index is 12.6. The fraction of sp³-hybridized carbons (Fsp3) is 0.629. The molecule has 0 amide bonds. The van der Waals surface area contributed by atoms with Gasteiger partial charge in [-0.15, -0.1) is 0 Å². The Kier molecular flexibility index (Phi) is 19.1. The third-order valence-electron chi connectivity index (χ3n) is 7.45. The molecule has 0 aliphatic rings. The lowest BCUT2D eigenvalue weighted by Gasteiger charge is -2.18. The molecule has 2 rings (SSSR count). The molecule has 1 atom stereocenters. The van der Waals surface area contributed by atoms with E-state index in [0.717, 1.165) is 18.4 Å². The smallest absolute Gasteiger partial charge is 0.338 e. The molecule has 2 aromatic carbocycles. The third kappa shape index (κ3) is 16.4. The lowest BCUT2D eigenvalue weighted by molar-refractivity contribution is -0.0196. The molecule has 0 aliphatic heterocycles. The molecule has 7 heteroatoms. The third-order valence-corrected chi connectivity index (χ3v) is 8.74. The lowest BCUT2D eigenvalue weighted by Crippen LogP contribution is -2.30. The Morgan fingerprint density at radius 1 is 0.667 bits per heavy atom. The first kappa shape index (κ1) is 36.0. The Morgan fingerprint density at radius 2 is 1.17 bits per heavy atom. The summed E-state index contributed by atoms with van der Waals surface area (Å²) >= 11 is 0. The van der Waals surface area contributed by atoms with E-state index >= 15 is 0 Å². The molecule has 0 bridgehead atoms. The predicted molar refractivity (Wildman–Crippen MR) is 170 cm³/mol. The van der Waals surface area contributed by atoms with Crippen molar-refractivity contribution in [2.75, 3.05) is 19.8 Å². The summed E-state index contributed by atoms with van der Waals surface area (Å²) in [6, 6.07) is 15.0. The highest BCUT2D eigenvalue weighted by Gasteiger charge is 2.22. The minimum absolute atomic E-state index is 0.0651. The van der Waals surface area contributed by atoms with Crippen LogP contribution in [0.25, 0.3) is 0 Å². The van der Waals surface area contributed by atoms with E-state index in [2.05, 4.69) is 6.92 Å². The summed E-state index contributed by atoms with van der Waals surface area (Å²) in [4.78, 5) is 12.7. The molecule has 0 N–H and O–H groups in total. The van der Waals surface area contributed by atoms with Crippen molar-refractivity contribution in [3.63, 3.8) is 0 Å². The first-order valence-electron chi connectivity index (χ1n) is 16.2. The maximum absolute atomic E-state index is 12.6. The predicted octanol–water partition coefficient (Wildman–Crippen LogP) is 9.20. The molecule has 2 aromatic rings. The number of hydrogen-bond donors (Lipinski definition) is 0. The Bertz CT molecular complexity index is 1050. The fourth-order valence-corrected chi connectivity index (χ4v) is 5.75. The van der Waals surface area contributed by atoms with E-state index in [1.807, 2.05) is 13.0 Å². The topological polar surface area (TPSA) is 78.9 Å². The van der Waals surface area contributed by atoms with Gasteiger partial charge in [0.15, 0.2) is 6.10 Å². The summed E-state index contributed by atoms with van der Waals surface area (Å²) in [6.07, 6.45) is 20.1. The standard InChI is InChI=1S/C35H54O6S/c1-3-4-5-6-7-8-9-10-11-12-13-14-15-16-17-21-28-39-29-33(41-35(36)32-22-19-18-20-23-32)30-40-42(37,38)34-26-24-31(2)25-27-34/h18-20,22-27,33H,3-17,21,28-30H2,1-2H3/t33-/m0/s1. The number of esters is 1.